The lowest BCUT2D eigenvalue weighted by Crippen LogP contribution is -1.92. The quantitative estimate of drug-likeness (QED) is 0.613. The Morgan fingerprint density at radius 2 is 2.42 bits per heavy atom. The molecule has 1 heteroatoms. The fourth-order valence-corrected chi connectivity index (χ4v) is 0.856. The minimum atomic E-state index is 0.306. The highest BCUT2D eigenvalue weighted by atomic mass is 16.5. The van der Waals surface area contributed by atoms with Gasteiger partial charge in [0.1, 0.15) is 12.4 Å². The van der Waals surface area contributed by atoms with E-state index in [-0.39, 0.29) is 0 Å². The van der Waals surface area contributed by atoms with Crippen LogP contribution in [0.5, 0.6) is 5.75 Å². The maximum Gasteiger partial charge on any atom is 0.148 e. The smallest absolute Gasteiger partial charge is 0.148 e. The second kappa shape index (κ2) is 4.25. The lowest BCUT2D eigenvalue weighted by molar-refractivity contribution is 0.370. The summed E-state index contributed by atoms with van der Waals surface area (Å²) in [6.45, 7) is 3.96. The summed E-state index contributed by atoms with van der Waals surface area (Å²) in [7, 11) is 0. The molecule has 0 spiro atoms. The van der Waals surface area contributed by atoms with Gasteiger partial charge in [0.25, 0.3) is 0 Å². The first-order chi connectivity index (χ1) is 5.86. The van der Waals surface area contributed by atoms with Crippen molar-refractivity contribution in [1.82, 2.24) is 0 Å². The molecule has 1 nitrogen and oxygen atoms in total. The first kappa shape index (κ1) is 8.42. The van der Waals surface area contributed by atoms with Crippen LogP contribution in [0, 0.1) is 12.3 Å². The fraction of sp³-hybridized carbons (Fsp3) is 0.0909. The zero-order chi connectivity index (χ0) is 8.81. The predicted molar refractivity (Wildman–Crippen MR) is 50.9 cm³/mol. The van der Waals surface area contributed by atoms with Crippen LogP contribution in [0.15, 0.2) is 30.8 Å². The van der Waals surface area contributed by atoms with Gasteiger partial charge in [0, 0.05) is 0 Å². The Labute approximate surface area is 72.7 Å². The number of ether oxygens (including phenoxy) is 1. The number of terminal acetylenes is 1. The van der Waals surface area contributed by atoms with E-state index in [1.807, 2.05) is 24.3 Å². The van der Waals surface area contributed by atoms with E-state index in [9.17, 15) is 0 Å². The van der Waals surface area contributed by atoms with Gasteiger partial charge in [-0.25, -0.2) is 0 Å². The van der Waals surface area contributed by atoms with Gasteiger partial charge in [-0.15, -0.1) is 6.42 Å². The van der Waals surface area contributed by atoms with Crippen molar-refractivity contribution in [3.8, 4) is 18.1 Å². The molecular formula is C11H10O. The molecule has 0 saturated carbocycles. The monoisotopic (exact) mass is 158 g/mol. The minimum Gasteiger partial charge on any atom is -0.481 e. The third-order valence-corrected chi connectivity index (χ3v) is 1.42. The first-order valence-corrected chi connectivity index (χ1v) is 3.65. The van der Waals surface area contributed by atoms with Gasteiger partial charge in [-0.05, 0) is 17.7 Å². The van der Waals surface area contributed by atoms with Crippen LogP contribution >= 0.6 is 0 Å². The van der Waals surface area contributed by atoms with Crippen LogP contribution in [0.3, 0.4) is 0 Å². The summed E-state index contributed by atoms with van der Waals surface area (Å²) in [6, 6.07) is 7.62. The molecule has 0 unspecified atom stereocenters. The second-order valence-electron chi connectivity index (χ2n) is 2.27. The molecule has 0 bridgehead atoms. The van der Waals surface area contributed by atoms with E-state index >= 15 is 0 Å². The van der Waals surface area contributed by atoms with Crippen LogP contribution < -0.4 is 4.74 Å². The highest BCUT2D eigenvalue weighted by molar-refractivity contribution is 5.49. The van der Waals surface area contributed by atoms with Crippen molar-refractivity contribution < 1.29 is 4.74 Å². The van der Waals surface area contributed by atoms with E-state index in [2.05, 4.69) is 12.5 Å². The molecule has 0 aromatic heterocycles. The van der Waals surface area contributed by atoms with Crippen molar-refractivity contribution in [2.45, 2.75) is 0 Å². The third kappa shape index (κ3) is 2.17. The molecule has 12 heavy (non-hydrogen) atoms. The van der Waals surface area contributed by atoms with Crippen LogP contribution in [0.25, 0.3) is 6.08 Å². The summed E-state index contributed by atoms with van der Waals surface area (Å²) in [5.74, 6) is 3.19. The summed E-state index contributed by atoms with van der Waals surface area (Å²) in [4.78, 5) is 0. The molecule has 0 radical (unpaired) electrons. The van der Waals surface area contributed by atoms with E-state index in [4.69, 9.17) is 11.2 Å². The lowest BCUT2D eigenvalue weighted by Gasteiger charge is -2.01. The first-order valence-electron chi connectivity index (χ1n) is 3.65. The zero-order valence-corrected chi connectivity index (χ0v) is 6.79. The second-order valence-corrected chi connectivity index (χ2v) is 2.27. The zero-order valence-electron chi connectivity index (χ0n) is 6.79. The molecular weight excluding hydrogens is 148 g/mol. The molecule has 1 rings (SSSR count). The maximum atomic E-state index is 5.21. The average molecular weight is 158 g/mol. The summed E-state index contributed by atoms with van der Waals surface area (Å²) >= 11 is 0. The highest BCUT2D eigenvalue weighted by Gasteiger charge is 1.91. The van der Waals surface area contributed by atoms with E-state index in [0.29, 0.717) is 6.61 Å². The van der Waals surface area contributed by atoms with Gasteiger partial charge in [-0.1, -0.05) is 30.7 Å². The van der Waals surface area contributed by atoms with Crippen LogP contribution in [0.1, 0.15) is 5.56 Å². The molecule has 0 aliphatic rings. The Balaban J connectivity index is 2.74. The molecule has 0 atom stereocenters. The molecule has 0 heterocycles. The third-order valence-electron chi connectivity index (χ3n) is 1.42. The predicted octanol–water partition coefficient (Wildman–Crippen LogP) is 2.34. The molecule has 0 aliphatic heterocycles. The van der Waals surface area contributed by atoms with Crippen molar-refractivity contribution in [3.63, 3.8) is 0 Å². The Morgan fingerprint density at radius 1 is 1.58 bits per heavy atom. The van der Waals surface area contributed by atoms with Gasteiger partial charge in [0.05, 0.1) is 0 Å². The summed E-state index contributed by atoms with van der Waals surface area (Å²) in [5.41, 5.74) is 1.03. The molecule has 1 aromatic carbocycles. The van der Waals surface area contributed by atoms with Gasteiger partial charge in [0.15, 0.2) is 0 Å². The van der Waals surface area contributed by atoms with E-state index in [1.165, 1.54) is 0 Å². The fourth-order valence-electron chi connectivity index (χ4n) is 0.856. The minimum absolute atomic E-state index is 0.306. The van der Waals surface area contributed by atoms with Crippen molar-refractivity contribution in [1.29, 1.82) is 0 Å². The number of benzene rings is 1. The molecule has 0 fully saturated rings. The Kier molecular flexibility index (Phi) is 2.98. The van der Waals surface area contributed by atoms with Gasteiger partial charge in [0.2, 0.25) is 0 Å². The Morgan fingerprint density at radius 3 is 3.08 bits per heavy atom. The topological polar surface area (TPSA) is 9.23 Å². The van der Waals surface area contributed by atoms with E-state index in [0.717, 1.165) is 11.3 Å². The van der Waals surface area contributed by atoms with E-state index in [1.54, 1.807) is 6.08 Å². The van der Waals surface area contributed by atoms with Crippen molar-refractivity contribution >= 4 is 6.08 Å². The van der Waals surface area contributed by atoms with Gasteiger partial charge in [-0.3, -0.25) is 0 Å². The Hall–Kier alpha value is -1.68. The normalized spacial score (nSPS) is 8.58. The van der Waals surface area contributed by atoms with Crippen molar-refractivity contribution in [2.24, 2.45) is 0 Å². The summed E-state index contributed by atoms with van der Waals surface area (Å²) < 4.78 is 5.21. The number of hydrogen-bond acceptors (Lipinski definition) is 1. The van der Waals surface area contributed by atoms with Gasteiger partial charge >= 0.3 is 0 Å². The summed E-state index contributed by atoms with van der Waals surface area (Å²) in [5, 5.41) is 0. The molecule has 0 saturated heterocycles. The molecule has 0 N–H and O–H groups in total. The maximum absolute atomic E-state index is 5.21. The Bertz CT molecular complexity index is 307. The largest absolute Gasteiger partial charge is 0.481 e. The van der Waals surface area contributed by atoms with Crippen molar-refractivity contribution in [3.05, 3.63) is 36.4 Å². The highest BCUT2D eigenvalue weighted by Crippen LogP contribution is 2.13. The molecule has 60 valence electrons. The average Bonchev–Trinajstić information content (AvgIpc) is 2.15. The molecule has 0 aliphatic carbocycles. The number of hydrogen-bond donors (Lipinski definition) is 0. The van der Waals surface area contributed by atoms with Crippen LogP contribution in [0.2, 0.25) is 0 Å². The van der Waals surface area contributed by atoms with Crippen molar-refractivity contribution in [2.75, 3.05) is 6.61 Å². The standard InChI is InChI=1S/C11H10O/c1-3-8-12-11-7-5-6-10(4-2)9-11/h1,4-7,9H,2,8H2. The SMILES string of the molecule is C#CCOc1cccc(C=C)c1. The summed E-state index contributed by atoms with van der Waals surface area (Å²) in [6.07, 6.45) is 6.82. The van der Waals surface area contributed by atoms with E-state index < -0.39 is 0 Å². The number of rotatable bonds is 3. The van der Waals surface area contributed by atoms with Crippen LogP contribution in [0.4, 0.5) is 0 Å². The van der Waals surface area contributed by atoms with Crippen LogP contribution in [-0.2, 0) is 0 Å². The lowest BCUT2D eigenvalue weighted by atomic mass is 10.2. The van der Waals surface area contributed by atoms with Gasteiger partial charge < -0.3 is 4.74 Å². The van der Waals surface area contributed by atoms with Crippen LogP contribution in [-0.4, -0.2) is 6.61 Å². The molecule has 0 amide bonds. The molecule has 1 aromatic rings. The van der Waals surface area contributed by atoms with Gasteiger partial charge in [-0.2, -0.15) is 0 Å².